The summed E-state index contributed by atoms with van der Waals surface area (Å²) in [5, 5.41) is 0. The fourth-order valence-electron chi connectivity index (χ4n) is 2.23. The van der Waals surface area contributed by atoms with E-state index in [4.69, 9.17) is 0 Å². The van der Waals surface area contributed by atoms with Gasteiger partial charge < -0.3 is 0 Å². The third-order valence-electron chi connectivity index (χ3n) is 3.11. The summed E-state index contributed by atoms with van der Waals surface area (Å²) in [6, 6.07) is 4.75. The summed E-state index contributed by atoms with van der Waals surface area (Å²) in [6.45, 7) is 9.26. The van der Waals surface area contributed by atoms with Gasteiger partial charge in [-0.25, -0.2) is 0 Å². The maximum atomic E-state index is 2.54. The molecule has 0 fully saturated rings. The predicted octanol–water partition coefficient (Wildman–Crippen LogP) is 5.83. The van der Waals surface area contributed by atoms with Gasteiger partial charge in [-0.2, -0.15) is 0 Å². The molecule has 0 atom stereocenters. The number of fused-ring (bicyclic) bond motifs is 1. The van der Waals surface area contributed by atoms with Crippen molar-refractivity contribution in [2.75, 3.05) is 0 Å². The van der Waals surface area contributed by atoms with E-state index in [9.17, 15) is 0 Å². The summed E-state index contributed by atoms with van der Waals surface area (Å²) in [6.07, 6.45) is 0. The van der Waals surface area contributed by atoms with Gasteiger partial charge in [0.05, 0.1) is 0 Å². The van der Waals surface area contributed by atoms with Gasteiger partial charge in [-0.1, -0.05) is 0 Å². The van der Waals surface area contributed by atoms with E-state index in [1.54, 1.807) is 20.9 Å². The Morgan fingerprint density at radius 3 is 1.47 bits per heavy atom. The van der Waals surface area contributed by atoms with Crippen molar-refractivity contribution in [1.29, 1.82) is 0 Å². The van der Waals surface area contributed by atoms with Crippen LogP contribution in [0, 0.1) is 0 Å². The summed E-state index contributed by atoms with van der Waals surface area (Å²) in [4.78, 5) is 8.35. The van der Waals surface area contributed by atoms with E-state index in [-0.39, 0.29) is 0 Å². The fourth-order valence-corrected chi connectivity index (χ4v) is 22.8. The van der Waals surface area contributed by atoms with Crippen molar-refractivity contribution in [3.63, 3.8) is 0 Å². The van der Waals surface area contributed by atoms with E-state index < -0.39 is 15.6 Å². The molecule has 0 spiro atoms. The molecule has 0 aromatic heterocycles. The molecule has 1 aromatic carbocycles. The quantitative estimate of drug-likeness (QED) is 0.598. The van der Waals surface area contributed by atoms with Gasteiger partial charge in [-0.05, 0) is 0 Å². The van der Waals surface area contributed by atoms with Crippen LogP contribution in [0.1, 0.15) is 50.7 Å². The van der Waals surface area contributed by atoms with E-state index in [1.165, 1.54) is 0 Å². The Hall–Kier alpha value is 0.719. The monoisotopic (exact) mass is 374 g/mol. The molecule has 0 saturated heterocycles. The Morgan fingerprint density at radius 2 is 1.18 bits per heavy atom. The van der Waals surface area contributed by atoms with Crippen molar-refractivity contribution >= 4 is 33.5 Å². The van der Waals surface area contributed by atoms with Crippen molar-refractivity contribution in [2.45, 2.75) is 59.2 Å². The summed E-state index contributed by atoms with van der Waals surface area (Å²) in [7, 11) is 4.51. The van der Waals surface area contributed by atoms with Crippen LogP contribution in [0.4, 0.5) is 0 Å². The van der Waals surface area contributed by atoms with Crippen LogP contribution < -0.4 is 0 Å². The Balaban J connectivity index is 2.57. The third kappa shape index (κ3) is 2.84. The minimum absolute atomic E-state index is 0.651. The van der Waals surface area contributed by atoms with Gasteiger partial charge in [-0.3, -0.25) is 0 Å². The average Bonchev–Trinajstić information content (AvgIpc) is 2.49. The second kappa shape index (κ2) is 5.01. The van der Waals surface area contributed by atoms with Crippen molar-refractivity contribution in [3.05, 3.63) is 23.3 Å². The maximum absolute atomic E-state index is 2.54. The topological polar surface area (TPSA) is 0 Å². The van der Waals surface area contributed by atoms with Crippen LogP contribution in [0.25, 0.3) is 0 Å². The van der Waals surface area contributed by atoms with Gasteiger partial charge in [0.2, 0.25) is 0 Å². The number of hydrogen-bond acceptors (Lipinski definition) is 2. The van der Waals surface area contributed by atoms with E-state index in [0.717, 1.165) is 0 Å². The summed E-state index contributed by atoms with van der Waals surface area (Å²) < 4.78 is 0. The first-order chi connectivity index (χ1) is 7.82. The van der Waals surface area contributed by atoms with Crippen LogP contribution in [0.2, 0.25) is 9.88 Å². The zero-order valence-corrected chi connectivity index (χ0v) is 16.1. The van der Waals surface area contributed by atoms with Crippen LogP contribution in [-0.4, -0.2) is 15.6 Å². The third-order valence-corrected chi connectivity index (χ3v) is 20.8. The number of hydrogen-bond donors (Lipinski definition) is 0. The van der Waals surface area contributed by atoms with Crippen molar-refractivity contribution in [2.24, 2.45) is 0 Å². The molecule has 1 aromatic rings. The molecule has 0 nitrogen and oxygen atoms in total. The van der Waals surface area contributed by atoms with E-state index in [2.05, 4.69) is 67.6 Å². The van der Waals surface area contributed by atoms with Crippen molar-refractivity contribution in [1.82, 2.24) is 0 Å². The van der Waals surface area contributed by atoms with E-state index >= 15 is 0 Å². The molecule has 1 heterocycles. The second-order valence-electron chi connectivity index (χ2n) is 5.82. The standard InChI is InChI=1S/C12H18S2.2CH3.Sn/c1-7(2)9-5-6-10(8(3)4)12(14)11(9)13;;;/h5-8,13-14H,1-4H3;2*1H3;/q;;;+2/p-2. The zero-order chi connectivity index (χ0) is 12.8. The number of benzene rings is 1. The van der Waals surface area contributed by atoms with E-state index in [0.29, 0.717) is 11.8 Å². The molecular weight excluding hydrogens is 351 g/mol. The molecular formula is C14H22S2Sn. The Labute approximate surface area is 115 Å². The SMILES string of the molecule is CC(C)c1ccc(C(C)C)c2c1[S][Sn]([CH3])([CH3])[S]2. The molecule has 0 bridgehead atoms. The molecule has 1 aliphatic heterocycles. The molecule has 94 valence electrons. The van der Waals surface area contributed by atoms with Gasteiger partial charge in [0, 0.05) is 0 Å². The van der Waals surface area contributed by atoms with Crippen LogP contribution in [-0.2, 0) is 0 Å². The van der Waals surface area contributed by atoms with Crippen molar-refractivity contribution in [3.8, 4) is 0 Å². The molecule has 17 heavy (non-hydrogen) atoms. The molecule has 0 radical (unpaired) electrons. The minimum atomic E-state index is -1.91. The Morgan fingerprint density at radius 1 is 0.824 bits per heavy atom. The zero-order valence-electron chi connectivity index (χ0n) is 11.6. The molecule has 0 amide bonds. The Bertz CT molecular complexity index is 397. The first kappa shape index (κ1) is 14.1. The Kier molecular flexibility index (Phi) is 4.16. The molecule has 2 rings (SSSR count). The van der Waals surface area contributed by atoms with Gasteiger partial charge in [-0.15, -0.1) is 0 Å². The molecule has 0 N–H and O–H groups in total. The molecule has 1 aliphatic rings. The second-order valence-corrected chi connectivity index (χ2v) is 34.0. The van der Waals surface area contributed by atoms with Crippen LogP contribution in [0.15, 0.2) is 21.9 Å². The van der Waals surface area contributed by atoms with Crippen LogP contribution in [0.3, 0.4) is 0 Å². The van der Waals surface area contributed by atoms with E-state index in [1.807, 2.05) is 0 Å². The summed E-state index contributed by atoms with van der Waals surface area (Å²) >= 11 is -1.91. The predicted molar refractivity (Wildman–Crippen MR) is 83.8 cm³/mol. The van der Waals surface area contributed by atoms with Crippen LogP contribution >= 0.6 is 17.9 Å². The average molecular weight is 373 g/mol. The first-order valence-corrected chi connectivity index (χ1v) is 20.7. The van der Waals surface area contributed by atoms with Crippen molar-refractivity contribution < 1.29 is 0 Å². The van der Waals surface area contributed by atoms with Crippen LogP contribution in [0.5, 0.6) is 0 Å². The summed E-state index contributed by atoms with van der Waals surface area (Å²) in [5.41, 5.74) is 3.15. The molecule has 3 heteroatoms. The van der Waals surface area contributed by atoms with Gasteiger partial charge in [0.1, 0.15) is 0 Å². The van der Waals surface area contributed by atoms with Gasteiger partial charge in [0.25, 0.3) is 0 Å². The van der Waals surface area contributed by atoms with Gasteiger partial charge >= 0.3 is 116 Å². The summed E-state index contributed by atoms with van der Waals surface area (Å²) in [5.74, 6) is 1.30. The van der Waals surface area contributed by atoms with Gasteiger partial charge in [0.15, 0.2) is 0 Å². The first-order valence-electron chi connectivity index (χ1n) is 6.36. The molecule has 0 unspecified atom stereocenters. The normalized spacial score (nSPS) is 17.9. The fraction of sp³-hybridized carbons (Fsp3) is 0.571. The number of rotatable bonds is 2. The molecule has 0 aliphatic carbocycles. The molecule has 0 saturated carbocycles.